The van der Waals surface area contributed by atoms with E-state index in [0.29, 0.717) is 22.8 Å². The van der Waals surface area contributed by atoms with Crippen molar-refractivity contribution >= 4 is 52.0 Å². The van der Waals surface area contributed by atoms with Crippen molar-refractivity contribution in [2.75, 3.05) is 11.5 Å². The summed E-state index contributed by atoms with van der Waals surface area (Å²) in [5, 5.41) is 0.482. The molecule has 0 aliphatic carbocycles. The van der Waals surface area contributed by atoms with Crippen LogP contribution in [0, 0.1) is 27.7 Å². The molecule has 2 amide bonds. The summed E-state index contributed by atoms with van der Waals surface area (Å²) < 4.78 is 7.33. The van der Waals surface area contributed by atoms with Crippen LogP contribution in [-0.2, 0) is 9.53 Å². The summed E-state index contributed by atoms with van der Waals surface area (Å²) in [6.45, 7) is 9.91. The number of thiophene rings is 1. The number of thioether (sulfide) groups is 1. The number of imide groups is 1. The van der Waals surface area contributed by atoms with Crippen LogP contribution < -0.4 is 4.90 Å². The van der Waals surface area contributed by atoms with Crippen molar-refractivity contribution in [1.29, 1.82) is 0 Å². The Hall–Kier alpha value is -3.10. The largest absolute Gasteiger partial charge is 0.462 e. The van der Waals surface area contributed by atoms with Crippen LogP contribution in [0.2, 0.25) is 0 Å². The lowest BCUT2D eigenvalue weighted by atomic mass is 10.1. The van der Waals surface area contributed by atoms with Crippen LogP contribution in [0.4, 0.5) is 10.5 Å². The number of hydrogen-bond acceptors (Lipinski definition) is 6. The molecule has 170 valence electrons. The lowest BCUT2D eigenvalue weighted by Crippen LogP contribution is -2.27. The zero-order valence-electron chi connectivity index (χ0n) is 19.1. The Bertz CT molecular complexity index is 1300. The number of hydrogen-bond donors (Lipinski definition) is 0. The number of esters is 1. The fraction of sp³-hybridized carbons (Fsp3) is 0.240. The van der Waals surface area contributed by atoms with Crippen LogP contribution in [-0.4, -0.2) is 28.3 Å². The number of carbonyl (C=O) groups is 3. The lowest BCUT2D eigenvalue weighted by molar-refractivity contribution is -0.113. The van der Waals surface area contributed by atoms with Gasteiger partial charge in [-0.1, -0.05) is 18.2 Å². The predicted octanol–water partition coefficient (Wildman–Crippen LogP) is 6.19. The van der Waals surface area contributed by atoms with Crippen LogP contribution in [0.15, 0.2) is 41.3 Å². The van der Waals surface area contributed by atoms with Crippen LogP contribution in [0.3, 0.4) is 0 Å². The molecule has 0 unspecified atom stereocenters. The molecule has 6 nitrogen and oxygen atoms in total. The van der Waals surface area contributed by atoms with E-state index in [1.165, 1.54) is 16.2 Å². The fourth-order valence-electron chi connectivity index (χ4n) is 3.87. The van der Waals surface area contributed by atoms with Crippen molar-refractivity contribution < 1.29 is 19.1 Å². The first-order chi connectivity index (χ1) is 15.7. The van der Waals surface area contributed by atoms with Crippen LogP contribution in [0.5, 0.6) is 0 Å². The number of para-hydroxylation sites is 1. The van der Waals surface area contributed by atoms with Gasteiger partial charge in [-0.3, -0.25) is 9.59 Å². The molecule has 1 aliphatic heterocycles. The summed E-state index contributed by atoms with van der Waals surface area (Å²) in [7, 11) is 0. The first-order valence-electron chi connectivity index (χ1n) is 10.5. The Labute approximate surface area is 200 Å². The Morgan fingerprint density at radius 2 is 1.79 bits per heavy atom. The van der Waals surface area contributed by atoms with Gasteiger partial charge in [-0.2, -0.15) is 0 Å². The molecule has 0 spiro atoms. The van der Waals surface area contributed by atoms with E-state index in [0.717, 1.165) is 44.2 Å². The summed E-state index contributed by atoms with van der Waals surface area (Å²) in [5.41, 5.74) is 4.66. The Balaban J connectivity index is 1.75. The molecular weight excluding hydrogens is 456 g/mol. The number of anilines is 1. The summed E-state index contributed by atoms with van der Waals surface area (Å²) >= 11 is 2.47. The number of aromatic nitrogens is 1. The minimum atomic E-state index is -0.340. The van der Waals surface area contributed by atoms with Gasteiger partial charge in [0.1, 0.15) is 5.00 Å². The van der Waals surface area contributed by atoms with Gasteiger partial charge in [-0.25, -0.2) is 9.69 Å². The monoisotopic (exact) mass is 480 g/mol. The Morgan fingerprint density at radius 3 is 2.45 bits per heavy atom. The molecule has 0 N–H and O–H groups in total. The number of benzene rings is 1. The topological polar surface area (TPSA) is 68.6 Å². The third-order valence-electron chi connectivity index (χ3n) is 5.61. The van der Waals surface area contributed by atoms with E-state index in [9.17, 15) is 14.4 Å². The number of aryl methyl sites for hydroxylation is 2. The first-order valence-corrected chi connectivity index (χ1v) is 12.2. The van der Waals surface area contributed by atoms with Gasteiger partial charge in [-0.15, -0.1) is 11.3 Å². The Kier molecular flexibility index (Phi) is 6.32. The van der Waals surface area contributed by atoms with E-state index in [1.807, 2.05) is 44.4 Å². The smallest absolute Gasteiger partial charge is 0.341 e. The molecule has 0 radical (unpaired) electrons. The molecule has 0 saturated carbocycles. The fourth-order valence-corrected chi connectivity index (χ4v) is 5.95. The van der Waals surface area contributed by atoms with Gasteiger partial charge >= 0.3 is 5.97 Å². The van der Waals surface area contributed by atoms with E-state index in [-0.39, 0.29) is 17.1 Å². The molecule has 1 saturated heterocycles. The van der Waals surface area contributed by atoms with Gasteiger partial charge in [0, 0.05) is 16.3 Å². The second-order valence-electron chi connectivity index (χ2n) is 7.70. The van der Waals surface area contributed by atoms with Gasteiger partial charge in [0.05, 0.1) is 22.8 Å². The molecule has 3 heterocycles. The Morgan fingerprint density at radius 1 is 1.09 bits per heavy atom. The molecule has 33 heavy (non-hydrogen) atoms. The van der Waals surface area contributed by atoms with Gasteiger partial charge in [0.25, 0.3) is 11.1 Å². The predicted molar refractivity (Wildman–Crippen MR) is 133 cm³/mol. The highest BCUT2D eigenvalue weighted by molar-refractivity contribution is 8.19. The molecule has 2 aromatic heterocycles. The van der Waals surface area contributed by atoms with Crippen molar-refractivity contribution in [1.82, 2.24) is 4.57 Å². The molecular formula is C25H24N2O4S2. The molecule has 1 fully saturated rings. The maximum Gasteiger partial charge on any atom is 0.341 e. The average Bonchev–Trinajstić information content (AvgIpc) is 3.33. The molecule has 1 aromatic carbocycles. The van der Waals surface area contributed by atoms with Crippen LogP contribution in [0.1, 0.15) is 44.7 Å². The zero-order chi connectivity index (χ0) is 23.9. The second kappa shape index (κ2) is 9.03. The summed E-state index contributed by atoms with van der Waals surface area (Å²) in [6, 6.07) is 10.9. The highest BCUT2D eigenvalue weighted by Crippen LogP contribution is 2.38. The van der Waals surface area contributed by atoms with E-state index >= 15 is 0 Å². The highest BCUT2D eigenvalue weighted by atomic mass is 32.2. The molecule has 8 heteroatoms. The van der Waals surface area contributed by atoms with Crippen molar-refractivity contribution in [3.63, 3.8) is 0 Å². The number of carbonyl (C=O) groups excluding carboxylic acids is 3. The SMILES string of the molecule is CCOC(=O)c1c(-n2c(C)cc(/C=C3\SC(=O)N(c4ccccc4)C3=O)c2C)sc(C)c1C. The number of amides is 2. The van der Waals surface area contributed by atoms with E-state index in [1.54, 1.807) is 37.3 Å². The van der Waals surface area contributed by atoms with Gasteiger partial charge < -0.3 is 9.30 Å². The number of rotatable bonds is 5. The lowest BCUT2D eigenvalue weighted by Gasteiger charge is -2.11. The third kappa shape index (κ3) is 4.05. The maximum atomic E-state index is 13.0. The van der Waals surface area contributed by atoms with Gasteiger partial charge in [0.2, 0.25) is 0 Å². The summed E-state index contributed by atoms with van der Waals surface area (Å²) in [5.74, 6) is -0.677. The third-order valence-corrected chi connectivity index (χ3v) is 7.68. The molecule has 0 atom stereocenters. The minimum absolute atomic E-state index is 0.304. The summed E-state index contributed by atoms with van der Waals surface area (Å²) in [4.78, 5) is 40.9. The van der Waals surface area contributed by atoms with Crippen molar-refractivity contribution in [2.24, 2.45) is 0 Å². The summed E-state index contributed by atoms with van der Waals surface area (Å²) in [6.07, 6.45) is 1.75. The maximum absolute atomic E-state index is 13.0. The van der Waals surface area contributed by atoms with Gasteiger partial charge in [-0.05, 0) is 81.8 Å². The van der Waals surface area contributed by atoms with Crippen LogP contribution in [0.25, 0.3) is 11.1 Å². The second-order valence-corrected chi connectivity index (χ2v) is 9.89. The van der Waals surface area contributed by atoms with Crippen LogP contribution >= 0.6 is 23.1 Å². The average molecular weight is 481 g/mol. The van der Waals surface area contributed by atoms with Crippen molar-refractivity contribution in [3.8, 4) is 5.00 Å². The minimum Gasteiger partial charge on any atom is -0.462 e. The van der Waals surface area contributed by atoms with Crippen molar-refractivity contribution in [3.05, 3.63) is 74.3 Å². The number of nitrogens with zero attached hydrogens (tertiary/aromatic N) is 2. The number of ether oxygens (including phenoxy) is 1. The molecule has 3 aromatic rings. The first kappa shape index (κ1) is 23.1. The highest BCUT2D eigenvalue weighted by Gasteiger charge is 2.36. The van der Waals surface area contributed by atoms with Crippen molar-refractivity contribution in [2.45, 2.75) is 34.6 Å². The molecule has 0 bridgehead atoms. The van der Waals surface area contributed by atoms with E-state index < -0.39 is 0 Å². The van der Waals surface area contributed by atoms with E-state index in [2.05, 4.69) is 0 Å². The van der Waals surface area contributed by atoms with Gasteiger partial charge in [0.15, 0.2) is 0 Å². The quantitative estimate of drug-likeness (QED) is 0.322. The zero-order valence-corrected chi connectivity index (χ0v) is 20.7. The standard InChI is InChI=1S/C25H24N2O4S2/c1-6-31-24(29)21-15(3)17(5)32-23(21)26-14(2)12-18(16(26)4)13-20-22(28)27(25(30)33-20)19-10-8-7-9-11-19/h7-13H,6H2,1-5H3/b20-13-. The molecule has 1 aliphatic rings. The normalized spacial score (nSPS) is 15.1. The van der Waals surface area contributed by atoms with E-state index in [4.69, 9.17) is 4.74 Å². The molecule has 4 rings (SSSR count).